The second-order valence-corrected chi connectivity index (χ2v) is 7.58. The van der Waals surface area contributed by atoms with Gasteiger partial charge in [-0.15, -0.1) is 0 Å². The maximum absolute atomic E-state index is 9.89. The molecule has 100 valence electrons. The molecule has 0 spiro atoms. The number of aliphatic hydroxyl groups is 1. The molecule has 1 aliphatic carbocycles. The van der Waals surface area contributed by atoms with E-state index >= 15 is 0 Å². The number of hydrogen-bond acceptors (Lipinski definition) is 3. The van der Waals surface area contributed by atoms with Crippen LogP contribution in [0.3, 0.4) is 0 Å². The molecule has 0 radical (unpaired) electrons. The third-order valence-corrected chi connectivity index (χ3v) is 6.63. The zero-order chi connectivity index (χ0) is 12.3. The SMILES string of the molecule is C=C[C@H]1C([I-]OC2CCCCO2)CC(O)C1C. The van der Waals surface area contributed by atoms with Crippen LogP contribution in [0.25, 0.3) is 0 Å². The molecule has 1 aliphatic heterocycles. The molecule has 1 heterocycles. The van der Waals surface area contributed by atoms with Gasteiger partial charge in [0.25, 0.3) is 0 Å². The molecule has 0 aromatic rings. The van der Waals surface area contributed by atoms with E-state index in [1.807, 2.05) is 6.08 Å². The van der Waals surface area contributed by atoms with Crippen molar-refractivity contribution >= 4 is 0 Å². The predicted octanol–water partition coefficient (Wildman–Crippen LogP) is -0.895. The van der Waals surface area contributed by atoms with Crippen molar-refractivity contribution in [2.45, 2.75) is 48.9 Å². The van der Waals surface area contributed by atoms with Crippen LogP contribution in [0.2, 0.25) is 0 Å². The number of hydrogen-bond donors (Lipinski definition) is 1. The molecule has 2 aliphatic rings. The topological polar surface area (TPSA) is 38.7 Å². The normalized spacial score (nSPS) is 42.8. The Kier molecular flexibility index (Phi) is 5.26. The van der Waals surface area contributed by atoms with Gasteiger partial charge >= 0.3 is 115 Å². The van der Waals surface area contributed by atoms with Crippen LogP contribution in [0.4, 0.5) is 0 Å². The zero-order valence-electron chi connectivity index (χ0n) is 10.3. The van der Waals surface area contributed by atoms with Crippen LogP contribution in [0.1, 0.15) is 32.6 Å². The molecule has 17 heavy (non-hydrogen) atoms. The molecule has 1 N–H and O–H groups in total. The molecule has 1 saturated heterocycles. The van der Waals surface area contributed by atoms with Gasteiger partial charge in [0.2, 0.25) is 0 Å². The maximum atomic E-state index is 9.89. The first-order chi connectivity index (χ1) is 8.22. The van der Waals surface area contributed by atoms with E-state index in [2.05, 4.69) is 13.5 Å². The van der Waals surface area contributed by atoms with Crippen molar-refractivity contribution in [3.63, 3.8) is 0 Å². The molecule has 0 bridgehead atoms. The molecule has 2 rings (SSSR count). The van der Waals surface area contributed by atoms with Gasteiger partial charge in [0.05, 0.1) is 0 Å². The molecule has 0 aromatic carbocycles. The number of halogens is 1. The van der Waals surface area contributed by atoms with Crippen LogP contribution in [0, 0.1) is 11.8 Å². The number of allylic oxidation sites excluding steroid dienone is 1. The monoisotopic (exact) mass is 353 g/mol. The van der Waals surface area contributed by atoms with Crippen molar-refractivity contribution < 1.29 is 34.5 Å². The summed E-state index contributed by atoms with van der Waals surface area (Å²) in [5.74, 6) is 0.745. The molecule has 3 nitrogen and oxygen atoms in total. The van der Waals surface area contributed by atoms with Gasteiger partial charge in [-0.3, -0.25) is 0 Å². The van der Waals surface area contributed by atoms with Crippen molar-refractivity contribution in [3.05, 3.63) is 12.7 Å². The molecule has 1 saturated carbocycles. The quantitative estimate of drug-likeness (QED) is 0.405. The van der Waals surface area contributed by atoms with E-state index in [0.29, 0.717) is 15.8 Å². The summed E-state index contributed by atoms with van der Waals surface area (Å²) in [6, 6.07) is 0. The Labute approximate surface area is 114 Å². The fourth-order valence-corrected chi connectivity index (χ4v) is 5.67. The first-order valence-electron chi connectivity index (χ1n) is 6.43. The Morgan fingerprint density at radius 3 is 2.94 bits per heavy atom. The van der Waals surface area contributed by atoms with Gasteiger partial charge in [-0.05, 0) is 0 Å². The Balaban J connectivity index is 1.79. The van der Waals surface area contributed by atoms with E-state index in [1.54, 1.807) is 0 Å². The van der Waals surface area contributed by atoms with Gasteiger partial charge in [0, 0.05) is 0 Å². The van der Waals surface area contributed by atoms with Crippen LogP contribution in [-0.2, 0) is 7.80 Å². The number of ether oxygens (including phenoxy) is 1. The minimum atomic E-state index is -0.361. The summed E-state index contributed by atoms with van der Waals surface area (Å²) in [6.45, 7) is 6.84. The van der Waals surface area contributed by atoms with Crippen molar-refractivity contribution in [2.75, 3.05) is 6.61 Å². The van der Waals surface area contributed by atoms with Crippen LogP contribution < -0.4 is 21.6 Å². The standard InChI is InChI=1S/C13H22IO3/c1-3-10-9(2)12(15)8-11(10)14-17-13-6-4-5-7-16-13/h3,9-13,15H,1,4-8H2,2H3/q-1/t9?,10-,11?,12?,13?/m1/s1. The van der Waals surface area contributed by atoms with Crippen molar-refractivity contribution in [2.24, 2.45) is 11.8 Å². The molecule has 5 atom stereocenters. The van der Waals surface area contributed by atoms with E-state index < -0.39 is 0 Å². The van der Waals surface area contributed by atoms with Gasteiger partial charge in [0.1, 0.15) is 0 Å². The Hall–Kier alpha value is 0.350. The van der Waals surface area contributed by atoms with E-state index in [9.17, 15) is 5.11 Å². The minimum absolute atomic E-state index is 0.0232. The average Bonchev–Trinajstić information content (AvgIpc) is 2.63. The third-order valence-electron chi connectivity index (χ3n) is 3.77. The Morgan fingerprint density at radius 1 is 1.47 bits per heavy atom. The number of rotatable bonds is 4. The summed E-state index contributed by atoms with van der Waals surface area (Å²) in [5, 5.41) is 9.89. The number of alkyl halides is 1. The first-order valence-corrected chi connectivity index (χ1v) is 8.56. The molecule has 4 unspecified atom stereocenters. The molecule has 0 amide bonds. The van der Waals surface area contributed by atoms with Gasteiger partial charge in [-0.25, -0.2) is 0 Å². The molecule has 4 heteroatoms. The first kappa shape index (κ1) is 13.8. The van der Waals surface area contributed by atoms with Gasteiger partial charge < -0.3 is 0 Å². The van der Waals surface area contributed by atoms with Crippen LogP contribution >= 0.6 is 0 Å². The van der Waals surface area contributed by atoms with Crippen LogP contribution in [0.15, 0.2) is 12.7 Å². The molecular weight excluding hydrogens is 331 g/mol. The average molecular weight is 353 g/mol. The van der Waals surface area contributed by atoms with Crippen LogP contribution in [0.5, 0.6) is 0 Å². The van der Waals surface area contributed by atoms with E-state index in [1.165, 1.54) is 6.42 Å². The summed E-state index contributed by atoms with van der Waals surface area (Å²) in [4.78, 5) is 0. The van der Waals surface area contributed by atoms with Gasteiger partial charge in [-0.2, -0.15) is 0 Å². The summed E-state index contributed by atoms with van der Waals surface area (Å²) in [5.41, 5.74) is 0. The van der Waals surface area contributed by atoms with Crippen molar-refractivity contribution in [1.29, 1.82) is 0 Å². The number of aliphatic hydroxyl groups excluding tert-OH is 1. The fraction of sp³-hybridized carbons (Fsp3) is 0.846. The van der Waals surface area contributed by atoms with Gasteiger partial charge in [0.15, 0.2) is 0 Å². The third kappa shape index (κ3) is 3.43. The second kappa shape index (κ2) is 6.50. The molecule has 2 fully saturated rings. The van der Waals surface area contributed by atoms with E-state index in [4.69, 9.17) is 7.80 Å². The summed E-state index contributed by atoms with van der Waals surface area (Å²) in [7, 11) is 0. The molecular formula is C13H22IO3-. The van der Waals surface area contributed by atoms with E-state index in [0.717, 1.165) is 25.9 Å². The van der Waals surface area contributed by atoms with Crippen molar-refractivity contribution in [3.8, 4) is 0 Å². The zero-order valence-corrected chi connectivity index (χ0v) is 12.5. The summed E-state index contributed by atoms with van der Waals surface area (Å²) >= 11 is -0.361. The molecule has 0 aromatic heterocycles. The van der Waals surface area contributed by atoms with Crippen LogP contribution in [-0.4, -0.2) is 28.0 Å². The predicted molar refractivity (Wildman–Crippen MR) is 61.9 cm³/mol. The fourth-order valence-electron chi connectivity index (χ4n) is 2.55. The second-order valence-electron chi connectivity index (χ2n) is 4.97. The van der Waals surface area contributed by atoms with E-state index in [-0.39, 0.29) is 34.0 Å². The Bertz CT molecular complexity index is 253. The Morgan fingerprint density at radius 2 is 2.29 bits per heavy atom. The van der Waals surface area contributed by atoms with Gasteiger partial charge in [-0.1, -0.05) is 0 Å². The summed E-state index contributed by atoms with van der Waals surface area (Å²) < 4.78 is 12.0. The van der Waals surface area contributed by atoms with Crippen molar-refractivity contribution in [1.82, 2.24) is 0 Å². The summed E-state index contributed by atoms with van der Waals surface area (Å²) in [6.07, 6.45) is 6.11.